The van der Waals surface area contributed by atoms with Gasteiger partial charge in [-0.25, -0.2) is 0 Å². The summed E-state index contributed by atoms with van der Waals surface area (Å²) in [6.07, 6.45) is 1.39. The Morgan fingerprint density at radius 1 is 1.17 bits per heavy atom. The van der Waals surface area contributed by atoms with Gasteiger partial charge in [-0.15, -0.1) is 0 Å². The Hall–Kier alpha value is -2.24. The Bertz CT molecular complexity index is 482. The second kappa shape index (κ2) is 5.90. The largest absolute Gasteiger partial charge is 0.496 e. The Balaban J connectivity index is 3.46. The molecule has 0 atom stereocenters. The fraction of sp³-hybridized carbons (Fsp3) is 0.333. The van der Waals surface area contributed by atoms with E-state index >= 15 is 0 Å². The fourth-order valence-corrected chi connectivity index (χ4v) is 1.51. The highest BCUT2D eigenvalue weighted by molar-refractivity contribution is 5.69. The minimum absolute atomic E-state index is 0.0140. The van der Waals surface area contributed by atoms with E-state index < -0.39 is 4.92 Å². The lowest BCUT2D eigenvalue weighted by Crippen LogP contribution is -1.99. The van der Waals surface area contributed by atoms with E-state index in [1.165, 1.54) is 34.3 Å². The summed E-state index contributed by atoms with van der Waals surface area (Å²) in [5, 5.41) is 10.7. The zero-order chi connectivity index (χ0) is 13.7. The molecule has 98 valence electrons. The van der Waals surface area contributed by atoms with E-state index in [1.807, 2.05) is 0 Å². The molecule has 1 rings (SSSR count). The van der Waals surface area contributed by atoms with Crippen molar-refractivity contribution in [1.29, 1.82) is 0 Å². The van der Waals surface area contributed by atoms with Gasteiger partial charge in [0, 0.05) is 13.0 Å². The second-order valence-corrected chi connectivity index (χ2v) is 3.46. The molecule has 0 N–H and O–H groups in total. The molecule has 0 saturated carbocycles. The minimum Gasteiger partial charge on any atom is -0.496 e. The van der Waals surface area contributed by atoms with E-state index in [0.29, 0.717) is 22.8 Å². The average Bonchev–Trinajstić information content (AvgIpc) is 2.37. The Morgan fingerprint density at radius 2 is 1.72 bits per heavy atom. The number of hydrogen-bond donors (Lipinski definition) is 0. The van der Waals surface area contributed by atoms with E-state index in [0.717, 1.165) is 0 Å². The van der Waals surface area contributed by atoms with Crippen LogP contribution in [0, 0.1) is 10.1 Å². The number of nitrogens with zero attached hydrogens (tertiary/aromatic N) is 1. The lowest BCUT2D eigenvalue weighted by atomic mass is 10.1. The topological polar surface area (TPSA) is 70.8 Å². The fourth-order valence-electron chi connectivity index (χ4n) is 1.51. The van der Waals surface area contributed by atoms with Crippen LogP contribution in [0.15, 0.2) is 17.8 Å². The van der Waals surface area contributed by atoms with Crippen molar-refractivity contribution in [2.45, 2.75) is 6.92 Å². The lowest BCUT2D eigenvalue weighted by Gasteiger charge is -2.13. The van der Waals surface area contributed by atoms with Gasteiger partial charge in [0.15, 0.2) is 11.5 Å². The molecule has 1 aromatic carbocycles. The van der Waals surface area contributed by atoms with Crippen LogP contribution >= 0.6 is 0 Å². The third-order valence-corrected chi connectivity index (χ3v) is 2.41. The van der Waals surface area contributed by atoms with Crippen molar-refractivity contribution in [1.82, 2.24) is 0 Å². The molecule has 0 fully saturated rings. The number of hydrogen-bond acceptors (Lipinski definition) is 5. The molecule has 6 heteroatoms. The molecule has 0 saturated heterocycles. The van der Waals surface area contributed by atoms with E-state index in [9.17, 15) is 10.1 Å². The minimum atomic E-state index is -0.474. The molecule has 0 unspecified atom stereocenters. The molecule has 18 heavy (non-hydrogen) atoms. The van der Waals surface area contributed by atoms with Crippen LogP contribution in [0.2, 0.25) is 0 Å². The summed E-state index contributed by atoms with van der Waals surface area (Å²) in [6, 6.07) is 3.34. The van der Waals surface area contributed by atoms with Gasteiger partial charge in [0.2, 0.25) is 5.70 Å². The van der Waals surface area contributed by atoms with Gasteiger partial charge < -0.3 is 14.2 Å². The van der Waals surface area contributed by atoms with Gasteiger partial charge in [0.1, 0.15) is 5.75 Å². The Morgan fingerprint density at radius 3 is 2.17 bits per heavy atom. The number of ether oxygens (including phenoxy) is 3. The van der Waals surface area contributed by atoms with Crippen LogP contribution in [0.25, 0.3) is 6.08 Å². The summed E-state index contributed by atoms with van der Waals surface area (Å²) in [4.78, 5) is 10.2. The summed E-state index contributed by atoms with van der Waals surface area (Å²) in [7, 11) is 4.45. The van der Waals surface area contributed by atoms with E-state index in [2.05, 4.69) is 0 Å². The van der Waals surface area contributed by atoms with Gasteiger partial charge in [-0.05, 0) is 12.1 Å². The molecular formula is C12H15NO5. The van der Waals surface area contributed by atoms with Gasteiger partial charge >= 0.3 is 0 Å². The van der Waals surface area contributed by atoms with Crippen LogP contribution in [0.4, 0.5) is 0 Å². The van der Waals surface area contributed by atoms with E-state index in [-0.39, 0.29) is 5.70 Å². The van der Waals surface area contributed by atoms with Crippen LogP contribution < -0.4 is 14.2 Å². The average molecular weight is 253 g/mol. The molecular weight excluding hydrogens is 238 g/mol. The van der Waals surface area contributed by atoms with Gasteiger partial charge in [0.05, 0.1) is 31.8 Å². The smallest absolute Gasteiger partial charge is 0.244 e. The van der Waals surface area contributed by atoms with Crippen molar-refractivity contribution in [3.05, 3.63) is 33.5 Å². The normalized spacial score (nSPS) is 11.0. The van der Waals surface area contributed by atoms with Crippen molar-refractivity contribution in [3.63, 3.8) is 0 Å². The van der Waals surface area contributed by atoms with Crippen molar-refractivity contribution < 1.29 is 19.1 Å². The molecule has 0 aliphatic rings. The zero-order valence-electron chi connectivity index (χ0n) is 10.7. The lowest BCUT2D eigenvalue weighted by molar-refractivity contribution is -0.422. The SMILES string of the molecule is COc1ccc(OC)c(OC)c1/C=C(/C)[N+](=O)[O-]. The quantitative estimate of drug-likeness (QED) is 0.595. The summed E-state index contributed by atoms with van der Waals surface area (Å²) in [5.74, 6) is 1.37. The van der Waals surface area contributed by atoms with Crippen LogP contribution in [0.3, 0.4) is 0 Å². The molecule has 0 heterocycles. The Labute approximate surface area is 105 Å². The molecule has 0 spiro atoms. The first-order valence-electron chi connectivity index (χ1n) is 5.16. The van der Waals surface area contributed by atoms with Crippen molar-refractivity contribution in [2.75, 3.05) is 21.3 Å². The zero-order valence-corrected chi connectivity index (χ0v) is 10.7. The molecule has 0 amide bonds. The van der Waals surface area contributed by atoms with Crippen LogP contribution in [0.5, 0.6) is 17.2 Å². The molecule has 0 aromatic heterocycles. The highest BCUT2D eigenvalue weighted by Gasteiger charge is 2.16. The Kier molecular flexibility index (Phi) is 4.53. The monoisotopic (exact) mass is 253 g/mol. The molecule has 6 nitrogen and oxygen atoms in total. The number of benzene rings is 1. The molecule has 1 aromatic rings. The summed E-state index contributed by atoms with van der Waals surface area (Å²) in [6.45, 7) is 1.40. The standard InChI is InChI=1S/C12H15NO5/c1-8(13(14)15)7-9-10(16-2)5-6-11(17-3)12(9)18-4/h5-7H,1-4H3/b8-7-. The molecule has 0 bridgehead atoms. The van der Waals surface area contributed by atoms with Crippen LogP contribution in [-0.2, 0) is 0 Å². The molecule has 0 aliphatic heterocycles. The highest BCUT2D eigenvalue weighted by Crippen LogP contribution is 2.38. The first-order valence-corrected chi connectivity index (χ1v) is 5.16. The number of nitro groups is 1. The van der Waals surface area contributed by atoms with Gasteiger partial charge in [0.25, 0.3) is 0 Å². The molecule has 0 radical (unpaired) electrons. The second-order valence-electron chi connectivity index (χ2n) is 3.46. The maximum Gasteiger partial charge on any atom is 0.244 e. The van der Waals surface area contributed by atoms with Crippen molar-refractivity contribution in [3.8, 4) is 17.2 Å². The summed E-state index contributed by atoms with van der Waals surface area (Å²) in [5.41, 5.74) is 0.466. The maximum absolute atomic E-state index is 10.7. The summed E-state index contributed by atoms with van der Waals surface area (Å²) >= 11 is 0. The predicted molar refractivity (Wildman–Crippen MR) is 66.7 cm³/mol. The molecule has 0 aliphatic carbocycles. The maximum atomic E-state index is 10.7. The van der Waals surface area contributed by atoms with E-state index in [4.69, 9.17) is 14.2 Å². The summed E-state index contributed by atoms with van der Waals surface area (Å²) < 4.78 is 15.5. The van der Waals surface area contributed by atoms with Gasteiger partial charge in [-0.2, -0.15) is 0 Å². The van der Waals surface area contributed by atoms with Crippen molar-refractivity contribution in [2.24, 2.45) is 0 Å². The third kappa shape index (κ3) is 2.71. The number of allylic oxidation sites excluding steroid dienone is 1. The highest BCUT2D eigenvalue weighted by atomic mass is 16.6. The van der Waals surface area contributed by atoms with Gasteiger partial charge in [-0.1, -0.05) is 0 Å². The van der Waals surface area contributed by atoms with Crippen molar-refractivity contribution >= 4 is 6.08 Å². The predicted octanol–water partition coefficient (Wildman–Crippen LogP) is 2.35. The van der Waals surface area contributed by atoms with Crippen LogP contribution in [-0.4, -0.2) is 26.3 Å². The first-order chi connectivity index (χ1) is 8.54. The van der Waals surface area contributed by atoms with E-state index in [1.54, 1.807) is 12.1 Å². The van der Waals surface area contributed by atoms with Crippen LogP contribution in [0.1, 0.15) is 12.5 Å². The first kappa shape index (κ1) is 13.8. The number of rotatable bonds is 5. The number of methoxy groups -OCH3 is 3. The third-order valence-electron chi connectivity index (χ3n) is 2.41. The van der Waals surface area contributed by atoms with Gasteiger partial charge in [-0.3, -0.25) is 10.1 Å².